The summed E-state index contributed by atoms with van der Waals surface area (Å²) in [6.45, 7) is 10.9. The molecule has 0 bridgehead atoms. The van der Waals surface area contributed by atoms with Gasteiger partial charge in [-0.05, 0) is 101 Å². The quantitative estimate of drug-likeness (QED) is 0.170. The van der Waals surface area contributed by atoms with Crippen LogP contribution in [0.3, 0.4) is 0 Å². The van der Waals surface area contributed by atoms with E-state index in [1.165, 1.54) is 29.9 Å². The fourth-order valence-electron chi connectivity index (χ4n) is 5.70. The van der Waals surface area contributed by atoms with Gasteiger partial charge in [0.1, 0.15) is 0 Å². The lowest BCUT2D eigenvalue weighted by molar-refractivity contribution is -0.143. The Balaban J connectivity index is 1.64. The van der Waals surface area contributed by atoms with E-state index in [4.69, 9.17) is 14.2 Å². The molecule has 0 radical (unpaired) electrons. The highest BCUT2D eigenvalue weighted by atomic mass is 32.1. The summed E-state index contributed by atoms with van der Waals surface area (Å²) in [6, 6.07) is 13.6. The lowest BCUT2D eigenvalue weighted by Gasteiger charge is -2.25. The number of Topliss-reactive ketones (excluding diaryl/α,β-unsaturated/α-hetero) is 1. The van der Waals surface area contributed by atoms with Crippen molar-refractivity contribution in [2.45, 2.75) is 47.6 Å². The molecule has 1 aliphatic rings. The average Bonchev–Trinajstić information content (AvgIpc) is 3.52. The number of aromatic nitrogens is 2. The topological polar surface area (TPSA) is 127 Å². The lowest BCUT2D eigenvalue weighted by Crippen LogP contribution is -2.40. The molecule has 0 N–H and O–H groups in total. The summed E-state index contributed by atoms with van der Waals surface area (Å²) in [4.78, 5) is 56.3. The van der Waals surface area contributed by atoms with Crippen LogP contribution in [0, 0.1) is 13.8 Å². The third kappa shape index (κ3) is 6.61. The molecule has 0 saturated carbocycles. The molecule has 1 aliphatic heterocycles. The second-order valence-electron chi connectivity index (χ2n) is 11.1. The van der Waals surface area contributed by atoms with Crippen LogP contribution >= 0.6 is 11.3 Å². The highest BCUT2D eigenvalue weighted by molar-refractivity contribution is 7.07. The molecule has 2 aromatic heterocycles. The van der Waals surface area contributed by atoms with Gasteiger partial charge in [-0.2, -0.15) is 0 Å². The molecule has 48 heavy (non-hydrogen) atoms. The first-order valence-electron chi connectivity index (χ1n) is 15.4. The summed E-state index contributed by atoms with van der Waals surface area (Å²) in [6.07, 6.45) is 1.84. The van der Waals surface area contributed by atoms with Crippen LogP contribution in [0.2, 0.25) is 0 Å². The molecule has 11 nitrogen and oxygen atoms in total. The minimum absolute atomic E-state index is 0.00447. The zero-order valence-electron chi connectivity index (χ0n) is 27.9. The highest BCUT2D eigenvalue weighted by Crippen LogP contribution is 2.36. The molecule has 1 atom stereocenters. The number of ether oxygens (including phenoxy) is 4. The summed E-state index contributed by atoms with van der Waals surface area (Å²) in [5.41, 5.74) is 5.16. The number of thiazole rings is 1. The minimum atomic E-state index is -0.872. The van der Waals surface area contributed by atoms with E-state index in [1.807, 2.05) is 45.0 Å². The predicted molar refractivity (Wildman–Crippen MR) is 181 cm³/mol. The van der Waals surface area contributed by atoms with E-state index in [0.29, 0.717) is 44.3 Å². The molecule has 4 aromatic rings. The Morgan fingerprint density at radius 2 is 1.69 bits per heavy atom. The number of hydrogen-bond acceptors (Lipinski definition) is 10. The van der Waals surface area contributed by atoms with Crippen LogP contribution in [0.5, 0.6) is 11.5 Å². The summed E-state index contributed by atoms with van der Waals surface area (Å²) >= 11 is 1.23. The van der Waals surface area contributed by atoms with Gasteiger partial charge in [0, 0.05) is 22.6 Å². The first-order chi connectivity index (χ1) is 23.0. The number of nitrogens with zero attached hydrogens (tertiary/aromatic N) is 3. The van der Waals surface area contributed by atoms with Gasteiger partial charge in [-0.1, -0.05) is 17.4 Å². The van der Waals surface area contributed by atoms with E-state index in [0.717, 1.165) is 22.6 Å². The molecule has 0 unspecified atom stereocenters. The number of benzene rings is 2. The Labute approximate surface area is 281 Å². The molecule has 12 heteroatoms. The fourth-order valence-corrected chi connectivity index (χ4v) is 6.74. The van der Waals surface area contributed by atoms with Gasteiger partial charge in [0.2, 0.25) is 0 Å². The normalized spacial score (nSPS) is 14.3. The Hall–Kier alpha value is -5.23. The van der Waals surface area contributed by atoms with Crippen LogP contribution in [0.25, 0.3) is 11.8 Å². The summed E-state index contributed by atoms with van der Waals surface area (Å²) in [5, 5.41) is 0. The maximum Gasteiger partial charge on any atom is 0.343 e. The van der Waals surface area contributed by atoms with Gasteiger partial charge in [0.05, 0.1) is 42.2 Å². The van der Waals surface area contributed by atoms with E-state index < -0.39 is 18.0 Å². The highest BCUT2D eigenvalue weighted by Gasteiger charge is 2.34. The van der Waals surface area contributed by atoms with Crippen LogP contribution in [-0.2, 0) is 19.1 Å². The van der Waals surface area contributed by atoms with Crippen LogP contribution in [0.15, 0.2) is 69.6 Å². The number of hydrogen-bond donors (Lipinski definition) is 0. The fraction of sp³-hybridized carbons (Fsp3) is 0.306. The van der Waals surface area contributed by atoms with Crippen LogP contribution in [0.1, 0.15) is 66.6 Å². The second kappa shape index (κ2) is 14.3. The Morgan fingerprint density at radius 1 is 0.958 bits per heavy atom. The van der Waals surface area contributed by atoms with Crippen molar-refractivity contribution in [3.05, 3.63) is 108 Å². The SMILES string of the molecule is CCOC(=O)C1=C(C)N=c2s/c(=C\c3cc(C)n(-c4ccc(C(C)=O)cc4)c3C)c(=O)n2[C@@H]1c1ccc(OCC(=O)OC)c(OCC)c1. The monoisotopic (exact) mass is 671 g/mol. The van der Waals surface area contributed by atoms with Crippen molar-refractivity contribution in [3.8, 4) is 17.2 Å². The zero-order chi connectivity index (χ0) is 34.7. The minimum Gasteiger partial charge on any atom is -0.490 e. The maximum atomic E-state index is 14.3. The molecule has 3 heterocycles. The van der Waals surface area contributed by atoms with Crippen molar-refractivity contribution >= 4 is 35.1 Å². The average molecular weight is 672 g/mol. The summed E-state index contributed by atoms with van der Waals surface area (Å²) in [7, 11) is 1.27. The number of esters is 2. The first kappa shape index (κ1) is 34.1. The van der Waals surface area contributed by atoms with Gasteiger partial charge in [-0.25, -0.2) is 14.6 Å². The van der Waals surface area contributed by atoms with E-state index >= 15 is 0 Å². The molecule has 0 aliphatic carbocycles. The molecule has 5 rings (SSSR count). The Bertz CT molecular complexity index is 2120. The summed E-state index contributed by atoms with van der Waals surface area (Å²) in [5.74, 6) is -0.495. The van der Waals surface area contributed by atoms with Gasteiger partial charge in [-0.3, -0.25) is 14.2 Å². The smallest absolute Gasteiger partial charge is 0.343 e. The number of ketones is 1. The molecule has 0 fully saturated rings. The number of allylic oxidation sites excluding steroid dienone is 1. The maximum absolute atomic E-state index is 14.3. The van der Waals surface area contributed by atoms with Crippen molar-refractivity contribution in [3.63, 3.8) is 0 Å². The van der Waals surface area contributed by atoms with Crippen molar-refractivity contribution < 1.29 is 33.3 Å². The number of carbonyl (C=O) groups excluding carboxylic acids is 3. The number of rotatable bonds is 11. The van der Waals surface area contributed by atoms with Crippen LogP contribution in [-0.4, -0.2) is 53.8 Å². The van der Waals surface area contributed by atoms with Gasteiger partial charge in [-0.15, -0.1) is 0 Å². The summed E-state index contributed by atoms with van der Waals surface area (Å²) < 4.78 is 25.6. The lowest BCUT2D eigenvalue weighted by atomic mass is 9.95. The van der Waals surface area contributed by atoms with Crippen LogP contribution < -0.4 is 24.4 Å². The third-order valence-electron chi connectivity index (χ3n) is 7.96. The van der Waals surface area contributed by atoms with E-state index in [1.54, 1.807) is 44.2 Å². The Kier molecular flexibility index (Phi) is 10.1. The molecular formula is C36H37N3O8S. The molecular weight excluding hydrogens is 634 g/mol. The van der Waals surface area contributed by atoms with Gasteiger partial charge in [0.25, 0.3) is 5.56 Å². The number of fused-ring (bicyclic) bond motifs is 1. The number of carbonyl (C=O) groups is 3. The molecule has 250 valence electrons. The van der Waals surface area contributed by atoms with E-state index in [-0.39, 0.29) is 30.1 Å². The predicted octanol–water partition coefficient (Wildman–Crippen LogP) is 4.36. The molecule has 0 spiro atoms. The van der Waals surface area contributed by atoms with Crippen molar-refractivity contribution in [1.82, 2.24) is 9.13 Å². The van der Waals surface area contributed by atoms with Gasteiger partial charge < -0.3 is 23.5 Å². The second-order valence-corrected chi connectivity index (χ2v) is 12.1. The number of aryl methyl sites for hydroxylation is 1. The van der Waals surface area contributed by atoms with Gasteiger partial charge >= 0.3 is 11.9 Å². The molecule has 2 aromatic carbocycles. The first-order valence-corrected chi connectivity index (χ1v) is 16.3. The Morgan fingerprint density at radius 3 is 2.33 bits per heavy atom. The van der Waals surface area contributed by atoms with E-state index in [9.17, 15) is 19.2 Å². The van der Waals surface area contributed by atoms with Crippen molar-refractivity contribution in [2.24, 2.45) is 4.99 Å². The molecule has 0 amide bonds. The largest absolute Gasteiger partial charge is 0.490 e. The van der Waals surface area contributed by atoms with Crippen LogP contribution in [0.4, 0.5) is 0 Å². The zero-order valence-corrected chi connectivity index (χ0v) is 28.7. The third-order valence-corrected chi connectivity index (χ3v) is 8.95. The standard InChI is InChI=1S/C36H37N3O8S/c1-8-45-29-17-25(12-15-28(29)47-19-31(41)44-7)33-32(35(43)46-9-2)21(4)37-36-39(33)34(42)30(48-36)18-26-16-20(3)38(22(26)5)27-13-10-24(11-14-27)23(6)40/h10-18,33H,8-9,19H2,1-7H3/b30-18-/t33-/m1/s1. The van der Waals surface area contributed by atoms with Crippen molar-refractivity contribution in [1.29, 1.82) is 0 Å². The van der Waals surface area contributed by atoms with Gasteiger partial charge in [0.15, 0.2) is 28.7 Å². The number of methoxy groups -OCH3 is 1. The van der Waals surface area contributed by atoms with Crippen molar-refractivity contribution in [2.75, 3.05) is 26.9 Å². The molecule has 0 saturated heterocycles. The van der Waals surface area contributed by atoms with E-state index in [2.05, 4.69) is 14.3 Å².